The maximum atomic E-state index is 12.4. The first-order valence-electron chi connectivity index (χ1n) is 6.39. The van der Waals surface area contributed by atoms with E-state index in [9.17, 15) is 19.2 Å². The molecule has 2 heterocycles. The van der Waals surface area contributed by atoms with E-state index in [0.29, 0.717) is 0 Å². The Hall–Kier alpha value is -2.51. The molecule has 0 saturated heterocycles. The number of amides is 4. The van der Waals surface area contributed by atoms with E-state index in [2.05, 4.69) is 0 Å². The summed E-state index contributed by atoms with van der Waals surface area (Å²) in [4.78, 5) is 50.4. The predicted octanol–water partition coefficient (Wildman–Crippen LogP) is -0.803. The third kappa shape index (κ3) is 2.12. The van der Waals surface area contributed by atoms with Crippen molar-refractivity contribution >= 4 is 29.7 Å². The number of nitrogens with zero attached hydrogens (tertiary/aromatic N) is 3. The third-order valence-electron chi connectivity index (χ3n) is 3.53. The normalized spacial score (nSPS) is 22.4. The van der Waals surface area contributed by atoms with Crippen LogP contribution in [-0.4, -0.2) is 71.8 Å². The van der Waals surface area contributed by atoms with Crippen LogP contribution in [0.4, 0.5) is 4.79 Å². The summed E-state index contributed by atoms with van der Waals surface area (Å²) in [6.07, 6.45) is 1.08. The fourth-order valence-electron chi connectivity index (χ4n) is 2.42. The highest BCUT2D eigenvalue weighted by Gasteiger charge is 2.52. The van der Waals surface area contributed by atoms with Crippen molar-refractivity contribution in [2.45, 2.75) is 6.92 Å². The molecule has 0 aromatic heterocycles. The van der Waals surface area contributed by atoms with Gasteiger partial charge in [0.05, 0.1) is 33.3 Å². The third-order valence-corrected chi connectivity index (χ3v) is 3.53. The van der Waals surface area contributed by atoms with Gasteiger partial charge in [-0.15, -0.1) is 0 Å². The van der Waals surface area contributed by atoms with Gasteiger partial charge in [-0.3, -0.25) is 9.59 Å². The molecule has 2 rings (SSSR count). The first-order valence-corrected chi connectivity index (χ1v) is 6.39. The Balaban J connectivity index is 2.63. The van der Waals surface area contributed by atoms with Gasteiger partial charge in [-0.1, -0.05) is 0 Å². The van der Waals surface area contributed by atoms with Crippen LogP contribution in [0.3, 0.4) is 0 Å². The lowest BCUT2D eigenvalue weighted by atomic mass is 9.90. The number of rotatable bonds is 2. The van der Waals surface area contributed by atoms with E-state index >= 15 is 0 Å². The number of imide groups is 1. The second-order valence-electron chi connectivity index (χ2n) is 4.75. The van der Waals surface area contributed by atoms with E-state index in [1.807, 2.05) is 0 Å². The topological polar surface area (TPSA) is 87.0 Å². The first kappa shape index (κ1) is 14.9. The number of ether oxygens (including phenoxy) is 1. The molecule has 8 nitrogen and oxygen atoms in total. The number of carbonyl (C=O) groups excluding carboxylic acids is 4. The van der Waals surface area contributed by atoms with Gasteiger partial charge in [-0.25, -0.2) is 19.1 Å². The monoisotopic (exact) mass is 294 g/mol. The summed E-state index contributed by atoms with van der Waals surface area (Å²) in [6.45, 7) is 1.76. The predicted molar refractivity (Wildman–Crippen MR) is 70.3 cm³/mol. The SMILES string of the molecule is CCOC(=O)C1=CC(=O)N(C)C2=[N+](C)C(=O)N(C)C(=O)C12. The van der Waals surface area contributed by atoms with Crippen LogP contribution in [0.2, 0.25) is 0 Å². The average molecular weight is 294 g/mol. The van der Waals surface area contributed by atoms with E-state index in [0.717, 1.165) is 11.0 Å². The lowest BCUT2D eigenvalue weighted by Gasteiger charge is -2.32. The molecule has 1 atom stereocenters. The van der Waals surface area contributed by atoms with Gasteiger partial charge < -0.3 is 4.74 Å². The summed E-state index contributed by atoms with van der Waals surface area (Å²) in [5.41, 5.74) is -0.0499. The van der Waals surface area contributed by atoms with Gasteiger partial charge in [0.25, 0.3) is 0 Å². The molecule has 0 fully saturated rings. The van der Waals surface area contributed by atoms with Crippen molar-refractivity contribution in [1.29, 1.82) is 0 Å². The number of fused-ring (bicyclic) bond motifs is 1. The Labute approximate surface area is 121 Å². The van der Waals surface area contributed by atoms with Crippen LogP contribution in [0.5, 0.6) is 0 Å². The highest BCUT2D eigenvalue weighted by atomic mass is 16.5. The highest BCUT2D eigenvalue weighted by molar-refractivity contribution is 6.23. The molecule has 8 heteroatoms. The molecule has 2 aliphatic rings. The molecule has 2 aliphatic heterocycles. The van der Waals surface area contributed by atoms with Crippen LogP contribution in [0.1, 0.15) is 6.92 Å². The maximum Gasteiger partial charge on any atom is 0.445 e. The molecule has 0 aromatic rings. The molecular weight excluding hydrogens is 278 g/mol. The van der Waals surface area contributed by atoms with Crippen molar-refractivity contribution < 1.29 is 28.5 Å². The smallest absolute Gasteiger partial charge is 0.445 e. The molecule has 4 amide bonds. The van der Waals surface area contributed by atoms with Crippen LogP contribution < -0.4 is 0 Å². The molecule has 0 saturated carbocycles. The first-order chi connectivity index (χ1) is 9.81. The van der Waals surface area contributed by atoms with Crippen LogP contribution in [-0.2, 0) is 19.1 Å². The largest absolute Gasteiger partial charge is 0.463 e. The standard InChI is InChI=1S/C13H16N3O5/c1-5-21-12(19)7-6-8(17)14(2)10-9(7)11(18)16(4)13(20)15(10)3/h6,9H,5H2,1-4H3/q+1. The van der Waals surface area contributed by atoms with Crippen LogP contribution in [0.25, 0.3) is 0 Å². The Kier molecular flexibility index (Phi) is 3.63. The van der Waals surface area contributed by atoms with Crippen molar-refractivity contribution in [3.8, 4) is 0 Å². The average Bonchev–Trinajstić information content (AvgIpc) is 2.45. The number of amidine groups is 1. The van der Waals surface area contributed by atoms with Gasteiger partial charge in [0.15, 0.2) is 5.92 Å². The van der Waals surface area contributed by atoms with Gasteiger partial charge in [0.2, 0.25) is 5.84 Å². The number of hydrogen-bond donors (Lipinski definition) is 0. The molecule has 112 valence electrons. The van der Waals surface area contributed by atoms with Crippen molar-refractivity contribution in [2.24, 2.45) is 5.92 Å². The van der Waals surface area contributed by atoms with Gasteiger partial charge in [0.1, 0.15) is 0 Å². The summed E-state index contributed by atoms with van der Waals surface area (Å²) < 4.78 is 6.08. The van der Waals surface area contributed by atoms with E-state index in [1.54, 1.807) is 6.92 Å². The summed E-state index contributed by atoms with van der Waals surface area (Å²) in [5, 5.41) is 0. The van der Waals surface area contributed by atoms with Gasteiger partial charge in [-0.2, -0.15) is 4.90 Å². The van der Waals surface area contributed by atoms with Gasteiger partial charge in [-0.05, 0) is 6.92 Å². The number of hydrogen-bond acceptors (Lipinski definition) is 5. The van der Waals surface area contributed by atoms with Crippen LogP contribution in [0, 0.1) is 5.92 Å². The van der Waals surface area contributed by atoms with Crippen LogP contribution >= 0.6 is 0 Å². The Morgan fingerprint density at radius 2 is 1.90 bits per heavy atom. The molecule has 0 aliphatic carbocycles. The van der Waals surface area contributed by atoms with Crippen molar-refractivity contribution in [2.75, 3.05) is 27.7 Å². The Morgan fingerprint density at radius 1 is 1.29 bits per heavy atom. The number of esters is 1. The second kappa shape index (κ2) is 5.12. The minimum absolute atomic E-state index is 0.0499. The summed E-state index contributed by atoms with van der Waals surface area (Å²) in [5.74, 6) is -2.63. The second-order valence-corrected chi connectivity index (χ2v) is 4.75. The molecule has 0 bridgehead atoms. The van der Waals surface area contributed by atoms with Crippen LogP contribution in [0.15, 0.2) is 11.6 Å². The molecule has 0 N–H and O–H groups in total. The lowest BCUT2D eigenvalue weighted by molar-refractivity contribution is -0.412. The fraction of sp³-hybridized carbons (Fsp3) is 0.462. The molecule has 0 spiro atoms. The summed E-state index contributed by atoms with van der Waals surface area (Å²) in [7, 11) is 4.23. The minimum atomic E-state index is -1.01. The van der Waals surface area contributed by atoms with Crippen molar-refractivity contribution in [3.63, 3.8) is 0 Å². The van der Waals surface area contributed by atoms with Gasteiger partial charge >= 0.3 is 23.8 Å². The zero-order valence-electron chi connectivity index (χ0n) is 12.2. The zero-order chi connectivity index (χ0) is 15.9. The zero-order valence-corrected chi connectivity index (χ0v) is 12.2. The molecule has 0 radical (unpaired) electrons. The fourth-order valence-corrected chi connectivity index (χ4v) is 2.42. The van der Waals surface area contributed by atoms with Gasteiger partial charge in [0, 0.05) is 6.08 Å². The molecule has 0 aromatic carbocycles. The van der Waals surface area contributed by atoms with E-state index in [-0.39, 0.29) is 18.0 Å². The summed E-state index contributed by atoms with van der Waals surface area (Å²) >= 11 is 0. The Morgan fingerprint density at radius 3 is 2.48 bits per heavy atom. The van der Waals surface area contributed by atoms with E-state index in [4.69, 9.17) is 4.74 Å². The number of urea groups is 1. The molecule has 1 unspecified atom stereocenters. The molecular formula is C13H16N3O5+. The number of carbonyl (C=O) groups is 4. The maximum absolute atomic E-state index is 12.4. The Bertz CT molecular complexity index is 619. The minimum Gasteiger partial charge on any atom is -0.463 e. The number of likely N-dealkylation sites (N-methyl/N-ethyl adjacent to an activating group) is 1. The quantitative estimate of drug-likeness (QED) is 0.491. The van der Waals surface area contributed by atoms with E-state index in [1.165, 1.54) is 30.6 Å². The molecule has 21 heavy (non-hydrogen) atoms. The highest BCUT2D eigenvalue weighted by Crippen LogP contribution is 2.27. The van der Waals surface area contributed by atoms with Crippen molar-refractivity contribution in [1.82, 2.24) is 9.80 Å². The summed E-state index contributed by atoms with van der Waals surface area (Å²) in [6, 6.07) is -0.559. The lowest BCUT2D eigenvalue weighted by Crippen LogP contribution is -2.60. The van der Waals surface area contributed by atoms with Crippen molar-refractivity contribution in [3.05, 3.63) is 11.6 Å². The van der Waals surface area contributed by atoms with E-state index < -0.39 is 29.7 Å².